The number of aromatic nitrogens is 2. The fraction of sp³-hybridized carbons (Fsp3) is 0.750. The van der Waals surface area contributed by atoms with E-state index in [-0.39, 0.29) is 0 Å². The van der Waals surface area contributed by atoms with Crippen molar-refractivity contribution in [3.63, 3.8) is 0 Å². The van der Waals surface area contributed by atoms with E-state index in [1.54, 1.807) is 0 Å². The van der Waals surface area contributed by atoms with Gasteiger partial charge in [0.25, 0.3) is 0 Å². The monoisotopic (exact) mass is 167 g/mol. The third-order valence-electron chi connectivity index (χ3n) is 2.29. The van der Waals surface area contributed by atoms with Crippen LogP contribution in [0, 0.1) is 12.8 Å². The van der Waals surface area contributed by atoms with Crippen molar-refractivity contribution >= 4 is 6.01 Å². The highest BCUT2D eigenvalue weighted by Crippen LogP contribution is 2.26. The zero-order valence-corrected chi connectivity index (χ0v) is 7.21. The van der Waals surface area contributed by atoms with Crippen LogP contribution >= 0.6 is 0 Å². The molecule has 4 nitrogen and oxygen atoms in total. The summed E-state index contributed by atoms with van der Waals surface area (Å²) >= 11 is 0. The third-order valence-corrected chi connectivity index (χ3v) is 2.29. The standard InChI is InChI=1S/C8H13N3O/c1-6-10-8(12-11-6)9-5-7-3-2-4-7/h7H,2-5H2,1H3,(H,9,10,11). The molecular weight excluding hydrogens is 154 g/mol. The van der Waals surface area contributed by atoms with Crippen molar-refractivity contribution in [3.8, 4) is 0 Å². The molecule has 0 amide bonds. The van der Waals surface area contributed by atoms with Gasteiger partial charge in [-0.3, -0.25) is 0 Å². The molecule has 4 heteroatoms. The Morgan fingerprint density at radius 1 is 1.58 bits per heavy atom. The van der Waals surface area contributed by atoms with Gasteiger partial charge in [-0.2, -0.15) is 4.98 Å². The number of anilines is 1. The maximum Gasteiger partial charge on any atom is 0.321 e. The van der Waals surface area contributed by atoms with Gasteiger partial charge in [0.05, 0.1) is 0 Å². The molecule has 1 aliphatic carbocycles. The molecule has 0 bridgehead atoms. The molecule has 1 aromatic heterocycles. The maximum atomic E-state index is 4.91. The largest absolute Gasteiger partial charge is 0.337 e. The van der Waals surface area contributed by atoms with Gasteiger partial charge < -0.3 is 9.84 Å². The van der Waals surface area contributed by atoms with Crippen LogP contribution in [0.3, 0.4) is 0 Å². The van der Waals surface area contributed by atoms with E-state index >= 15 is 0 Å². The second-order valence-electron chi connectivity index (χ2n) is 3.32. The van der Waals surface area contributed by atoms with Crippen LogP contribution in [0.15, 0.2) is 4.52 Å². The van der Waals surface area contributed by atoms with Crippen LogP contribution in [-0.2, 0) is 0 Å². The average molecular weight is 167 g/mol. The van der Waals surface area contributed by atoms with Crippen molar-refractivity contribution in [2.24, 2.45) is 5.92 Å². The van der Waals surface area contributed by atoms with Crippen LogP contribution in [0.5, 0.6) is 0 Å². The van der Waals surface area contributed by atoms with E-state index in [2.05, 4.69) is 15.5 Å². The topological polar surface area (TPSA) is 51.0 Å². The van der Waals surface area contributed by atoms with Gasteiger partial charge in [-0.1, -0.05) is 11.6 Å². The first-order valence-electron chi connectivity index (χ1n) is 4.39. The number of nitrogens with zero attached hydrogens (tertiary/aromatic N) is 2. The SMILES string of the molecule is Cc1noc(NCC2CCC2)n1. The first-order valence-corrected chi connectivity index (χ1v) is 4.39. The summed E-state index contributed by atoms with van der Waals surface area (Å²) in [5.41, 5.74) is 0. The fourth-order valence-electron chi connectivity index (χ4n) is 1.30. The molecule has 1 aliphatic rings. The Bertz CT molecular complexity index is 255. The summed E-state index contributed by atoms with van der Waals surface area (Å²) in [7, 11) is 0. The third kappa shape index (κ3) is 1.57. The average Bonchev–Trinajstić information content (AvgIpc) is 2.32. The van der Waals surface area contributed by atoms with Gasteiger partial charge in [0.15, 0.2) is 5.82 Å². The quantitative estimate of drug-likeness (QED) is 0.742. The van der Waals surface area contributed by atoms with E-state index in [0.29, 0.717) is 11.8 Å². The van der Waals surface area contributed by atoms with Gasteiger partial charge in [-0.05, 0) is 25.7 Å². The van der Waals surface area contributed by atoms with Crippen molar-refractivity contribution in [1.29, 1.82) is 0 Å². The number of hydrogen-bond donors (Lipinski definition) is 1. The van der Waals surface area contributed by atoms with E-state index in [1.807, 2.05) is 6.92 Å². The number of hydrogen-bond acceptors (Lipinski definition) is 4. The lowest BCUT2D eigenvalue weighted by atomic mass is 9.85. The molecule has 1 fully saturated rings. The molecule has 12 heavy (non-hydrogen) atoms. The van der Waals surface area contributed by atoms with Crippen molar-refractivity contribution in [2.75, 3.05) is 11.9 Å². The molecule has 1 aromatic rings. The minimum atomic E-state index is 0.555. The van der Waals surface area contributed by atoms with Crippen LogP contribution in [0.1, 0.15) is 25.1 Å². The van der Waals surface area contributed by atoms with E-state index in [9.17, 15) is 0 Å². The molecule has 1 saturated carbocycles. The molecule has 0 unspecified atom stereocenters. The molecule has 1 N–H and O–H groups in total. The van der Waals surface area contributed by atoms with E-state index < -0.39 is 0 Å². The lowest BCUT2D eigenvalue weighted by molar-refractivity contribution is 0.328. The molecule has 0 saturated heterocycles. The van der Waals surface area contributed by atoms with Gasteiger partial charge in [0, 0.05) is 6.54 Å². The molecular formula is C8H13N3O. The molecule has 66 valence electrons. The van der Waals surface area contributed by atoms with Gasteiger partial charge >= 0.3 is 6.01 Å². The van der Waals surface area contributed by atoms with Gasteiger partial charge in [0.1, 0.15) is 0 Å². The Hall–Kier alpha value is -1.06. The number of aryl methyl sites for hydroxylation is 1. The van der Waals surface area contributed by atoms with Crippen LogP contribution in [0.25, 0.3) is 0 Å². The Labute approximate surface area is 71.4 Å². The predicted molar refractivity (Wildman–Crippen MR) is 44.9 cm³/mol. The molecule has 1 heterocycles. The van der Waals surface area contributed by atoms with Crippen LogP contribution in [0.4, 0.5) is 6.01 Å². The molecule has 0 atom stereocenters. The second-order valence-corrected chi connectivity index (χ2v) is 3.32. The number of rotatable bonds is 3. The maximum absolute atomic E-state index is 4.91. The molecule has 2 rings (SSSR count). The summed E-state index contributed by atoms with van der Waals surface area (Å²) < 4.78 is 4.91. The summed E-state index contributed by atoms with van der Waals surface area (Å²) in [6, 6.07) is 0.555. The Morgan fingerprint density at radius 2 is 2.42 bits per heavy atom. The normalized spacial score (nSPS) is 17.4. The highest BCUT2D eigenvalue weighted by atomic mass is 16.5. The van der Waals surface area contributed by atoms with E-state index in [4.69, 9.17) is 4.52 Å². The minimum absolute atomic E-state index is 0.555. The summed E-state index contributed by atoms with van der Waals surface area (Å²) in [4.78, 5) is 4.05. The molecule has 0 aliphatic heterocycles. The van der Waals surface area contributed by atoms with Crippen LogP contribution in [0.2, 0.25) is 0 Å². The lowest BCUT2D eigenvalue weighted by Crippen LogP contribution is -2.20. The van der Waals surface area contributed by atoms with Crippen LogP contribution < -0.4 is 5.32 Å². The van der Waals surface area contributed by atoms with Gasteiger partial charge in [0.2, 0.25) is 0 Å². The lowest BCUT2D eigenvalue weighted by Gasteiger charge is -2.24. The molecule has 0 aromatic carbocycles. The van der Waals surface area contributed by atoms with Crippen molar-refractivity contribution in [2.45, 2.75) is 26.2 Å². The Kier molecular flexibility index (Phi) is 1.98. The summed E-state index contributed by atoms with van der Waals surface area (Å²) in [5.74, 6) is 1.50. The molecule has 0 spiro atoms. The smallest absolute Gasteiger partial charge is 0.321 e. The highest BCUT2D eigenvalue weighted by Gasteiger charge is 2.17. The van der Waals surface area contributed by atoms with E-state index in [1.165, 1.54) is 19.3 Å². The van der Waals surface area contributed by atoms with E-state index in [0.717, 1.165) is 12.5 Å². The zero-order valence-electron chi connectivity index (χ0n) is 7.21. The van der Waals surface area contributed by atoms with Crippen molar-refractivity contribution in [1.82, 2.24) is 10.1 Å². The first kappa shape index (κ1) is 7.58. The number of nitrogens with one attached hydrogen (secondary N) is 1. The fourth-order valence-corrected chi connectivity index (χ4v) is 1.30. The zero-order chi connectivity index (χ0) is 8.39. The summed E-state index contributed by atoms with van der Waals surface area (Å²) in [6.45, 7) is 2.79. The second kappa shape index (κ2) is 3.13. The minimum Gasteiger partial charge on any atom is -0.337 e. The Balaban J connectivity index is 1.79. The van der Waals surface area contributed by atoms with Crippen molar-refractivity contribution in [3.05, 3.63) is 5.82 Å². The predicted octanol–water partition coefficient (Wildman–Crippen LogP) is 1.59. The highest BCUT2D eigenvalue weighted by molar-refractivity contribution is 5.17. The van der Waals surface area contributed by atoms with Gasteiger partial charge in [-0.15, -0.1) is 0 Å². The van der Waals surface area contributed by atoms with Crippen molar-refractivity contribution < 1.29 is 4.52 Å². The summed E-state index contributed by atoms with van der Waals surface area (Å²) in [6.07, 6.45) is 4.04. The van der Waals surface area contributed by atoms with Gasteiger partial charge in [-0.25, -0.2) is 0 Å². The van der Waals surface area contributed by atoms with Crippen LogP contribution in [-0.4, -0.2) is 16.7 Å². The first-order chi connectivity index (χ1) is 5.84. The molecule has 0 radical (unpaired) electrons. The summed E-state index contributed by atoms with van der Waals surface area (Å²) in [5, 5.41) is 6.82. The Morgan fingerprint density at radius 3 is 2.92 bits per heavy atom.